The lowest BCUT2D eigenvalue weighted by atomic mass is 9.82. The second-order valence-electron chi connectivity index (χ2n) is 7.59. The van der Waals surface area contributed by atoms with Crippen molar-refractivity contribution in [3.8, 4) is 0 Å². The molecule has 0 bridgehead atoms. The number of esters is 1. The number of amides is 1. The molecule has 6 heteroatoms. The maximum Gasteiger partial charge on any atom is 0.350 e. The number of rotatable bonds is 5. The number of hydrogen-bond acceptors (Lipinski definition) is 5. The Labute approximate surface area is 159 Å². The Balaban J connectivity index is 1.82. The van der Waals surface area contributed by atoms with Crippen LogP contribution in [0.25, 0.3) is 0 Å². The third-order valence-corrected chi connectivity index (χ3v) is 6.60. The van der Waals surface area contributed by atoms with Crippen LogP contribution in [0.3, 0.4) is 0 Å². The van der Waals surface area contributed by atoms with Gasteiger partial charge in [-0.2, -0.15) is 0 Å². The summed E-state index contributed by atoms with van der Waals surface area (Å²) in [6, 6.07) is 1.89. The highest BCUT2D eigenvalue weighted by Crippen LogP contribution is 2.34. The van der Waals surface area contributed by atoms with Gasteiger partial charge in [-0.3, -0.25) is 4.79 Å². The molecule has 0 aromatic carbocycles. The van der Waals surface area contributed by atoms with Gasteiger partial charge in [0.05, 0.1) is 12.8 Å². The minimum Gasteiger partial charge on any atom is -0.465 e. The van der Waals surface area contributed by atoms with Gasteiger partial charge in [-0.05, 0) is 61.8 Å². The summed E-state index contributed by atoms with van der Waals surface area (Å²) < 4.78 is 10.4. The van der Waals surface area contributed by atoms with E-state index in [0.717, 1.165) is 57.4 Å². The van der Waals surface area contributed by atoms with E-state index in [9.17, 15) is 9.59 Å². The van der Waals surface area contributed by atoms with Crippen molar-refractivity contribution in [3.05, 3.63) is 16.3 Å². The molecule has 1 saturated heterocycles. The third-order valence-electron chi connectivity index (χ3n) is 5.72. The topological polar surface area (TPSA) is 55.8 Å². The van der Waals surface area contributed by atoms with E-state index < -0.39 is 0 Å². The lowest BCUT2D eigenvalue weighted by Crippen LogP contribution is -2.42. The van der Waals surface area contributed by atoms with Crippen LogP contribution in [0.5, 0.6) is 0 Å². The minimum atomic E-state index is -0.364. The molecule has 1 aliphatic heterocycles. The zero-order chi connectivity index (χ0) is 18.5. The highest BCUT2D eigenvalue weighted by molar-refractivity contribution is 7.12. The molecule has 26 heavy (non-hydrogen) atoms. The molecule has 1 amide bonds. The van der Waals surface area contributed by atoms with E-state index in [1.807, 2.05) is 16.3 Å². The Hall–Kier alpha value is -1.40. The van der Waals surface area contributed by atoms with Crippen molar-refractivity contribution in [3.63, 3.8) is 0 Å². The normalized spacial score (nSPS) is 24.2. The van der Waals surface area contributed by atoms with Crippen molar-refractivity contribution >= 4 is 28.9 Å². The van der Waals surface area contributed by atoms with Gasteiger partial charge >= 0.3 is 5.97 Å². The summed E-state index contributed by atoms with van der Waals surface area (Å²) in [6.07, 6.45) is 6.03. The number of thiophene rings is 1. The van der Waals surface area contributed by atoms with E-state index in [2.05, 4.69) is 6.92 Å². The van der Waals surface area contributed by atoms with E-state index >= 15 is 0 Å². The van der Waals surface area contributed by atoms with Crippen molar-refractivity contribution in [2.45, 2.75) is 45.4 Å². The second kappa shape index (κ2) is 9.00. The number of anilines is 1. The second-order valence-corrected chi connectivity index (χ2v) is 8.50. The molecule has 0 radical (unpaired) electrons. The summed E-state index contributed by atoms with van der Waals surface area (Å²) >= 11 is 1.34. The number of hydrogen-bond donors (Lipinski definition) is 0. The fourth-order valence-corrected chi connectivity index (χ4v) is 4.79. The Morgan fingerprint density at radius 2 is 1.88 bits per heavy atom. The molecule has 2 heterocycles. The summed E-state index contributed by atoms with van der Waals surface area (Å²) in [5.41, 5.74) is 0.719. The average Bonchev–Trinajstić information content (AvgIpc) is 3.16. The molecular weight excluding hydrogens is 350 g/mol. The van der Waals surface area contributed by atoms with Gasteiger partial charge in [-0.15, -0.1) is 11.3 Å². The average molecular weight is 380 g/mol. The van der Waals surface area contributed by atoms with Crippen molar-refractivity contribution in [1.82, 2.24) is 0 Å². The lowest BCUT2D eigenvalue weighted by Gasteiger charge is -2.34. The monoisotopic (exact) mass is 379 g/mol. The molecule has 5 nitrogen and oxygen atoms in total. The van der Waals surface area contributed by atoms with Crippen LogP contribution in [0.2, 0.25) is 0 Å². The van der Waals surface area contributed by atoms with Crippen LogP contribution < -0.4 is 4.90 Å². The van der Waals surface area contributed by atoms with E-state index in [1.165, 1.54) is 18.4 Å². The Morgan fingerprint density at radius 3 is 2.54 bits per heavy atom. The summed E-state index contributed by atoms with van der Waals surface area (Å²) in [4.78, 5) is 28.0. The molecule has 2 fully saturated rings. The predicted octanol–water partition coefficient (Wildman–Crippen LogP) is 4.12. The van der Waals surface area contributed by atoms with Gasteiger partial charge in [-0.1, -0.05) is 6.92 Å². The zero-order valence-corrected chi connectivity index (χ0v) is 16.6. The molecule has 1 aromatic heterocycles. The number of nitrogens with zero attached hydrogens (tertiary/aromatic N) is 1. The first kappa shape index (κ1) is 19.4. The molecule has 0 atom stereocenters. The third kappa shape index (κ3) is 4.46. The van der Waals surface area contributed by atoms with Crippen LogP contribution in [-0.2, 0) is 14.3 Å². The molecular formula is C20H29NO4S. The van der Waals surface area contributed by atoms with E-state index in [4.69, 9.17) is 9.47 Å². The highest BCUT2D eigenvalue weighted by Gasteiger charge is 2.33. The van der Waals surface area contributed by atoms with Gasteiger partial charge < -0.3 is 14.4 Å². The predicted molar refractivity (Wildman–Crippen MR) is 103 cm³/mol. The Bertz CT molecular complexity index is 615. The van der Waals surface area contributed by atoms with Crippen molar-refractivity contribution in [2.75, 3.05) is 31.8 Å². The number of ether oxygens (including phenoxy) is 2. The quantitative estimate of drug-likeness (QED) is 0.722. The van der Waals surface area contributed by atoms with Gasteiger partial charge in [0, 0.05) is 25.7 Å². The van der Waals surface area contributed by atoms with Gasteiger partial charge in [0.1, 0.15) is 4.88 Å². The Morgan fingerprint density at radius 1 is 1.19 bits per heavy atom. The molecule has 0 spiro atoms. The van der Waals surface area contributed by atoms with Crippen molar-refractivity contribution < 1.29 is 19.1 Å². The number of carbonyl (C=O) groups is 2. The lowest BCUT2D eigenvalue weighted by molar-refractivity contribution is -0.123. The van der Waals surface area contributed by atoms with Gasteiger partial charge in [0.15, 0.2) is 0 Å². The maximum atomic E-state index is 13.4. The van der Waals surface area contributed by atoms with Crippen molar-refractivity contribution in [2.24, 2.45) is 17.8 Å². The Kier molecular flexibility index (Phi) is 6.70. The molecule has 1 aliphatic carbocycles. The summed E-state index contributed by atoms with van der Waals surface area (Å²) in [5.74, 6) is 0.996. The van der Waals surface area contributed by atoms with Gasteiger partial charge in [-0.25, -0.2) is 4.79 Å². The van der Waals surface area contributed by atoms with E-state index in [0.29, 0.717) is 23.3 Å². The summed E-state index contributed by atoms with van der Waals surface area (Å²) in [6.45, 7) is 4.42. The molecule has 0 N–H and O–H groups in total. The van der Waals surface area contributed by atoms with Crippen LogP contribution in [0.4, 0.5) is 5.69 Å². The standard InChI is InChI=1S/C20H29NO4S/c1-14-3-5-16(6-4-14)19(22)21(13-15-7-10-25-11-8-15)17-9-12-26-18(17)20(23)24-2/h9,12,14-16H,3-8,10-11,13H2,1-2H3/t14-,16-. The minimum absolute atomic E-state index is 0.0661. The molecule has 2 aliphatic rings. The first-order valence-corrected chi connectivity index (χ1v) is 10.5. The molecule has 0 unspecified atom stereocenters. The SMILES string of the molecule is COC(=O)c1sccc1N(CC1CCOCC1)C(=O)[C@H]1CC[C@H](C)CC1. The van der Waals surface area contributed by atoms with Crippen LogP contribution in [-0.4, -0.2) is 38.7 Å². The first-order valence-electron chi connectivity index (χ1n) is 9.65. The summed E-state index contributed by atoms with van der Waals surface area (Å²) in [5, 5.41) is 1.87. The largest absolute Gasteiger partial charge is 0.465 e. The van der Waals surface area contributed by atoms with Crippen LogP contribution in [0, 0.1) is 17.8 Å². The maximum absolute atomic E-state index is 13.4. The van der Waals surface area contributed by atoms with Crippen LogP contribution in [0.1, 0.15) is 55.1 Å². The van der Waals surface area contributed by atoms with Gasteiger partial charge in [0.25, 0.3) is 0 Å². The fraction of sp³-hybridized carbons (Fsp3) is 0.700. The number of carbonyl (C=O) groups excluding carboxylic acids is 2. The smallest absolute Gasteiger partial charge is 0.350 e. The molecule has 144 valence electrons. The zero-order valence-electron chi connectivity index (χ0n) is 15.7. The van der Waals surface area contributed by atoms with Crippen LogP contribution >= 0.6 is 11.3 Å². The van der Waals surface area contributed by atoms with Crippen LogP contribution in [0.15, 0.2) is 11.4 Å². The molecule has 1 aromatic rings. The molecule has 3 rings (SSSR count). The fourth-order valence-electron chi connectivity index (χ4n) is 3.98. The summed E-state index contributed by atoms with van der Waals surface area (Å²) in [7, 11) is 1.39. The number of methoxy groups -OCH3 is 1. The highest BCUT2D eigenvalue weighted by atomic mass is 32.1. The van der Waals surface area contributed by atoms with E-state index in [-0.39, 0.29) is 17.8 Å². The van der Waals surface area contributed by atoms with E-state index in [1.54, 1.807) is 0 Å². The van der Waals surface area contributed by atoms with Gasteiger partial charge in [0.2, 0.25) is 5.91 Å². The molecule has 1 saturated carbocycles. The first-order chi connectivity index (χ1) is 12.6. The van der Waals surface area contributed by atoms with Crippen molar-refractivity contribution in [1.29, 1.82) is 0 Å².